The number of amidine groups is 1. The number of carbonyl (C=O) groups is 1. The molecule has 4 nitrogen and oxygen atoms in total. The Bertz CT molecular complexity index is 838. The van der Waals surface area contributed by atoms with Crippen LogP contribution in [0.25, 0.3) is 0 Å². The topological polar surface area (TPSA) is 35.9 Å². The Morgan fingerprint density at radius 1 is 0.920 bits per heavy atom. The third-order valence-electron chi connectivity index (χ3n) is 4.43. The van der Waals surface area contributed by atoms with E-state index >= 15 is 0 Å². The van der Waals surface area contributed by atoms with Crippen molar-refractivity contribution in [3.63, 3.8) is 0 Å². The summed E-state index contributed by atoms with van der Waals surface area (Å²) in [7, 11) is 0. The number of nitrogens with zero attached hydrogens (tertiary/aromatic N) is 3. The van der Waals surface area contributed by atoms with Crippen LogP contribution >= 0.6 is 11.8 Å². The molecule has 2 aromatic rings. The molecule has 4 rings (SSSR count). The molecular formula is C20H19N3OS. The zero-order valence-electron chi connectivity index (χ0n) is 13.8. The molecule has 2 aromatic carbocycles. The number of rotatable bonds is 2. The van der Waals surface area contributed by atoms with Gasteiger partial charge in [0.15, 0.2) is 0 Å². The van der Waals surface area contributed by atoms with Crippen LogP contribution in [0.15, 0.2) is 75.6 Å². The summed E-state index contributed by atoms with van der Waals surface area (Å²) in [5, 5.41) is 0. The van der Waals surface area contributed by atoms with E-state index in [0.717, 1.165) is 44.0 Å². The molecule has 2 heterocycles. The predicted octanol–water partition coefficient (Wildman–Crippen LogP) is 3.56. The van der Waals surface area contributed by atoms with Crippen LogP contribution in [0.5, 0.6) is 0 Å². The van der Waals surface area contributed by atoms with Crippen LogP contribution in [0.2, 0.25) is 0 Å². The number of piperazine rings is 1. The van der Waals surface area contributed by atoms with Gasteiger partial charge in [0, 0.05) is 47.7 Å². The first-order valence-electron chi connectivity index (χ1n) is 8.41. The Kier molecular flexibility index (Phi) is 4.57. The van der Waals surface area contributed by atoms with Crippen molar-refractivity contribution in [2.75, 3.05) is 26.2 Å². The van der Waals surface area contributed by atoms with Crippen molar-refractivity contribution in [3.8, 4) is 0 Å². The van der Waals surface area contributed by atoms with Crippen LogP contribution in [-0.4, -0.2) is 48.1 Å². The van der Waals surface area contributed by atoms with Gasteiger partial charge in [-0.1, -0.05) is 42.1 Å². The molecule has 0 aromatic heterocycles. The largest absolute Gasteiger partial charge is 0.374 e. The van der Waals surface area contributed by atoms with E-state index in [4.69, 9.17) is 4.99 Å². The van der Waals surface area contributed by atoms with Gasteiger partial charge in [0.05, 0.1) is 5.69 Å². The van der Waals surface area contributed by atoms with E-state index in [2.05, 4.69) is 52.3 Å². The number of aliphatic imine (C=N–C) groups is 1. The van der Waals surface area contributed by atoms with Crippen LogP contribution in [0, 0.1) is 0 Å². The number of carbonyl (C=O) groups excluding carboxylic acids is 1. The van der Waals surface area contributed by atoms with Crippen molar-refractivity contribution >= 4 is 29.6 Å². The number of para-hydroxylation sites is 1. The van der Waals surface area contributed by atoms with Crippen molar-refractivity contribution in [2.24, 2.45) is 4.99 Å². The Morgan fingerprint density at radius 2 is 1.64 bits per heavy atom. The summed E-state index contributed by atoms with van der Waals surface area (Å²) in [5.74, 6) is 1.05. The molecule has 1 saturated heterocycles. The van der Waals surface area contributed by atoms with Crippen molar-refractivity contribution in [1.29, 1.82) is 0 Å². The Balaban J connectivity index is 1.67. The van der Waals surface area contributed by atoms with Gasteiger partial charge in [-0.15, -0.1) is 0 Å². The maximum atomic E-state index is 10.5. The third kappa shape index (κ3) is 3.33. The minimum absolute atomic E-state index is 0.826. The Hall–Kier alpha value is -2.53. The molecule has 0 N–H and O–H groups in total. The van der Waals surface area contributed by atoms with Crippen molar-refractivity contribution in [3.05, 3.63) is 66.4 Å². The first-order valence-corrected chi connectivity index (χ1v) is 9.23. The summed E-state index contributed by atoms with van der Waals surface area (Å²) in [6.07, 6.45) is 4.26. The normalized spacial score (nSPS) is 16.9. The second kappa shape index (κ2) is 7.15. The zero-order valence-corrected chi connectivity index (χ0v) is 14.7. The van der Waals surface area contributed by atoms with E-state index in [1.54, 1.807) is 17.8 Å². The molecule has 2 aliphatic rings. The molecule has 126 valence electrons. The van der Waals surface area contributed by atoms with Crippen LogP contribution in [0.1, 0.15) is 5.56 Å². The average Bonchev–Trinajstić information content (AvgIpc) is 2.83. The van der Waals surface area contributed by atoms with Gasteiger partial charge in [-0.05, 0) is 24.3 Å². The summed E-state index contributed by atoms with van der Waals surface area (Å²) in [4.78, 5) is 22.5. The summed E-state index contributed by atoms with van der Waals surface area (Å²) in [5.41, 5.74) is 2.22. The van der Waals surface area contributed by atoms with Crippen molar-refractivity contribution in [1.82, 2.24) is 9.80 Å². The molecule has 2 aliphatic heterocycles. The van der Waals surface area contributed by atoms with E-state index in [1.807, 2.05) is 12.3 Å². The minimum Gasteiger partial charge on any atom is -0.374 e. The van der Waals surface area contributed by atoms with Gasteiger partial charge in [-0.2, -0.15) is 0 Å². The van der Waals surface area contributed by atoms with Crippen LogP contribution in [0.3, 0.4) is 0 Å². The van der Waals surface area contributed by atoms with Crippen LogP contribution < -0.4 is 0 Å². The standard InChI is InChI=1S/C20H19N3OS/c24-15-5-10-22-11-13-23(14-12-22)20-16-6-1-3-8-18(16)25-19-9-4-2-7-17(19)21-20/h1-10,15H,11-14H2/b10-5+. The molecule has 0 atom stereocenters. The van der Waals surface area contributed by atoms with E-state index in [9.17, 15) is 4.79 Å². The van der Waals surface area contributed by atoms with Crippen LogP contribution in [0.4, 0.5) is 5.69 Å². The number of aldehydes is 1. The zero-order chi connectivity index (χ0) is 17.1. The molecule has 0 saturated carbocycles. The highest BCUT2D eigenvalue weighted by Crippen LogP contribution is 2.40. The summed E-state index contributed by atoms with van der Waals surface area (Å²) in [6, 6.07) is 16.8. The second-order valence-electron chi connectivity index (χ2n) is 6.00. The molecule has 0 unspecified atom stereocenters. The van der Waals surface area contributed by atoms with Crippen LogP contribution in [-0.2, 0) is 4.79 Å². The monoisotopic (exact) mass is 349 g/mol. The number of hydrogen-bond acceptors (Lipinski definition) is 5. The average molecular weight is 349 g/mol. The van der Waals surface area contributed by atoms with Crippen molar-refractivity contribution in [2.45, 2.75) is 9.79 Å². The lowest BCUT2D eigenvalue weighted by molar-refractivity contribution is -0.104. The Labute approximate surface area is 151 Å². The maximum Gasteiger partial charge on any atom is 0.144 e. The molecule has 25 heavy (non-hydrogen) atoms. The second-order valence-corrected chi connectivity index (χ2v) is 7.09. The molecule has 0 aliphatic carbocycles. The quantitative estimate of drug-likeness (QED) is 0.613. The number of hydrogen-bond donors (Lipinski definition) is 0. The van der Waals surface area contributed by atoms with E-state index in [1.165, 1.54) is 15.4 Å². The molecule has 1 fully saturated rings. The summed E-state index contributed by atoms with van der Waals surface area (Å²) < 4.78 is 0. The fourth-order valence-corrected chi connectivity index (χ4v) is 4.17. The minimum atomic E-state index is 0.826. The van der Waals surface area contributed by atoms with Gasteiger partial charge >= 0.3 is 0 Å². The smallest absolute Gasteiger partial charge is 0.144 e. The predicted molar refractivity (Wildman–Crippen MR) is 102 cm³/mol. The molecular weight excluding hydrogens is 330 g/mol. The molecule has 0 radical (unpaired) electrons. The number of benzene rings is 2. The lowest BCUT2D eigenvalue weighted by atomic mass is 10.1. The SMILES string of the molecule is O=C/C=C/N1CCN(C2=Nc3ccccc3Sc3ccccc32)CC1. The van der Waals surface area contributed by atoms with Gasteiger partial charge < -0.3 is 9.80 Å². The van der Waals surface area contributed by atoms with Gasteiger partial charge in [0.25, 0.3) is 0 Å². The van der Waals surface area contributed by atoms with E-state index < -0.39 is 0 Å². The third-order valence-corrected chi connectivity index (χ3v) is 5.57. The highest BCUT2D eigenvalue weighted by Gasteiger charge is 2.24. The molecule has 0 spiro atoms. The molecule has 0 amide bonds. The van der Waals surface area contributed by atoms with E-state index in [-0.39, 0.29) is 0 Å². The first-order chi connectivity index (χ1) is 12.3. The Morgan fingerprint density at radius 3 is 2.44 bits per heavy atom. The fraction of sp³-hybridized carbons (Fsp3) is 0.200. The lowest BCUT2D eigenvalue weighted by Crippen LogP contribution is -2.47. The van der Waals surface area contributed by atoms with Gasteiger partial charge in [-0.3, -0.25) is 4.79 Å². The first kappa shape index (κ1) is 16.0. The molecule has 5 heteroatoms. The number of fused-ring (bicyclic) bond motifs is 2. The summed E-state index contributed by atoms with van der Waals surface area (Å²) in [6.45, 7) is 3.56. The van der Waals surface area contributed by atoms with Gasteiger partial charge in [-0.25, -0.2) is 4.99 Å². The lowest BCUT2D eigenvalue weighted by Gasteiger charge is -2.36. The highest BCUT2D eigenvalue weighted by molar-refractivity contribution is 7.99. The van der Waals surface area contributed by atoms with E-state index in [0.29, 0.717) is 0 Å². The summed E-state index contributed by atoms with van der Waals surface area (Å²) >= 11 is 1.78. The van der Waals surface area contributed by atoms with Gasteiger partial charge in [0.1, 0.15) is 12.1 Å². The van der Waals surface area contributed by atoms with Crippen molar-refractivity contribution < 1.29 is 4.79 Å². The highest BCUT2D eigenvalue weighted by atomic mass is 32.2. The van der Waals surface area contributed by atoms with Gasteiger partial charge in [0.2, 0.25) is 0 Å². The molecule has 0 bridgehead atoms. The fourth-order valence-electron chi connectivity index (χ4n) is 3.15. The number of allylic oxidation sites excluding steroid dienone is 1. The maximum absolute atomic E-state index is 10.5.